The summed E-state index contributed by atoms with van der Waals surface area (Å²) in [6, 6.07) is 20.4. The number of carbonyl (C=O) groups excluding carboxylic acids is 2. The lowest BCUT2D eigenvalue weighted by atomic mass is 9.87. The van der Waals surface area contributed by atoms with Crippen LogP contribution in [0.1, 0.15) is 58.2 Å². The highest BCUT2D eigenvalue weighted by Gasteiger charge is 2.52. The zero-order chi connectivity index (χ0) is 33.2. The summed E-state index contributed by atoms with van der Waals surface area (Å²) in [5.41, 5.74) is 0.379. The normalized spacial score (nSPS) is 13.4. The van der Waals surface area contributed by atoms with Crippen LogP contribution in [0.3, 0.4) is 0 Å². The van der Waals surface area contributed by atoms with E-state index in [-0.39, 0.29) is 31.8 Å². The smallest absolute Gasteiger partial charge is 0.345 e. The van der Waals surface area contributed by atoms with Crippen LogP contribution >= 0.6 is 0 Å². The second kappa shape index (κ2) is 12.5. The first kappa shape index (κ1) is 35.1. The van der Waals surface area contributed by atoms with Crippen molar-refractivity contribution in [1.29, 1.82) is 0 Å². The van der Waals surface area contributed by atoms with E-state index < -0.39 is 42.9 Å². The molecule has 3 aromatic carbocycles. The van der Waals surface area contributed by atoms with Gasteiger partial charge in [-0.3, -0.25) is 0 Å². The highest BCUT2D eigenvalue weighted by atomic mass is 35.7. The molecule has 9 nitrogen and oxygen atoms in total. The van der Waals surface area contributed by atoms with Crippen LogP contribution in [0.4, 0.5) is 0 Å². The van der Waals surface area contributed by atoms with Gasteiger partial charge in [0.25, 0.3) is 0 Å². The van der Waals surface area contributed by atoms with E-state index in [9.17, 15) is 23.6 Å². The first-order valence-electron chi connectivity index (χ1n) is 13.7. The van der Waals surface area contributed by atoms with Crippen LogP contribution in [0.15, 0.2) is 94.2 Å². The molecule has 0 aromatic heterocycles. The van der Waals surface area contributed by atoms with Gasteiger partial charge in [0.1, 0.15) is 15.8 Å². The summed E-state index contributed by atoms with van der Waals surface area (Å²) in [6.07, 6.45) is 0. The zero-order valence-electron chi connectivity index (χ0n) is 26.2. The number of halogens is 1. The molecular formula is C33H39ClO9S. The second-order valence-corrected chi connectivity index (χ2v) is 16.9. The van der Waals surface area contributed by atoms with Gasteiger partial charge in [-0.15, -0.1) is 0 Å². The zero-order valence-corrected chi connectivity index (χ0v) is 27.7. The summed E-state index contributed by atoms with van der Waals surface area (Å²) in [5.74, 6) is -3.14. The van der Waals surface area contributed by atoms with E-state index in [4.69, 9.17) is 13.2 Å². The molecule has 0 saturated heterocycles. The van der Waals surface area contributed by atoms with Crippen LogP contribution in [0.5, 0.6) is 0 Å². The Labute approximate surface area is 260 Å². The lowest BCUT2D eigenvalue weighted by Crippen LogP contribution is -2.65. The van der Waals surface area contributed by atoms with Gasteiger partial charge in [0, 0.05) is 5.57 Å². The van der Waals surface area contributed by atoms with Crippen LogP contribution in [0.2, 0.25) is 0 Å². The first-order chi connectivity index (χ1) is 20.2. The maximum absolute atomic E-state index is 16.1. The van der Waals surface area contributed by atoms with Crippen molar-refractivity contribution in [1.82, 2.24) is 0 Å². The van der Waals surface area contributed by atoms with Gasteiger partial charge in [0.15, 0.2) is 3.74 Å². The van der Waals surface area contributed by atoms with E-state index in [1.54, 1.807) is 42.5 Å². The monoisotopic (exact) mass is 646 g/mol. The summed E-state index contributed by atoms with van der Waals surface area (Å²) >= 11 is 0. The molecule has 0 unspecified atom stereocenters. The number of methoxy groups -OCH3 is 2. The van der Waals surface area contributed by atoms with Crippen molar-refractivity contribution >= 4 is 26.9 Å². The minimum atomic E-state index is -5.58. The molecular weight excluding hydrogens is 608 g/mol. The van der Waals surface area contributed by atoms with E-state index >= 15 is 4.21 Å². The van der Waals surface area contributed by atoms with E-state index in [0.717, 1.165) is 25.3 Å². The van der Waals surface area contributed by atoms with Gasteiger partial charge in [-0.25, -0.2) is 9.59 Å². The number of ether oxygens (including phenoxy) is 2. The minimum Gasteiger partial charge on any atom is -0.465 e. The fourth-order valence-corrected chi connectivity index (χ4v) is 9.64. The quantitative estimate of drug-likeness (QED) is 0.148. The Morgan fingerprint density at radius 1 is 0.682 bits per heavy atom. The Kier molecular flexibility index (Phi) is 10.0. The number of benzene rings is 3. The molecule has 3 rings (SSSR count). The average Bonchev–Trinajstić information content (AvgIpc) is 2.95. The number of esters is 2. The molecule has 0 spiro atoms. The molecule has 0 heterocycles. The highest BCUT2D eigenvalue weighted by molar-refractivity contribution is 8.16. The van der Waals surface area contributed by atoms with E-state index in [2.05, 4.69) is 0 Å². The molecule has 238 valence electrons. The maximum atomic E-state index is 16.1. The molecule has 0 saturated carbocycles. The molecule has 0 fully saturated rings. The summed E-state index contributed by atoms with van der Waals surface area (Å²) < 4.78 is 68.8. The molecule has 44 heavy (non-hydrogen) atoms. The van der Waals surface area contributed by atoms with E-state index in [1.165, 1.54) is 36.4 Å². The SMILES string of the molecule is COC(=O)C(C(=O)OC)=C(CS(=O)(O[Cl+3]([O-])([O-])[O-])(c1ccc(C(C)(C)C)cc1)c1ccc(C(C)(C)C)cc1)c1ccccc1. The van der Waals surface area contributed by atoms with Crippen LogP contribution < -0.4 is 14.0 Å². The molecule has 3 aromatic rings. The third-order valence-electron chi connectivity index (χ3n) is 7.21. The number of hydrogen-bond donors (Lipinski definition) is 0. The molecule has 11 heteroatoms. The number of carbonyl (C=O) groups is 2. The molecule has 0 bridgehead atoms. The summed E-state index contributed by atoms with van der Waals surface area (Å²) in [5, 5.41) is 0. The predicted octanol–water partition coefficient (Wildman–Crippen LogP) is 3.15. The van der Waals surface area contributed by atoms with Gasteiger partial charge in [0.05, 0.1) is 29.8 Å². The van der Waals surface area contributed by atoms with E-state index in [0.29, 0.717) is 0 Å². The van der Waals surface area contributed by atoms with Gasteiger partial charge in [-0.1, -0.05) is 96.1 Å². The average molecular weight is 647 g/mol. The van der Waals surface area contributed by atoms with Crippen molar-refractivity contribution in [2.45, 2.75) is 62.2 Å². The van der Waals surface area contributed by atoms with Gasteiger partial charge >= 0.3 is 11.9 Å². The summed E-state index contributed by atoms with van der Waals surface area (Å²) in [7, 11) is -8.82. The van der Waals surface area contributed by atoms with Crippen molar-refractivity contribution in [2.75, 3.05) is 20.0 Å². The largest absolute Gasteiger partial charge is 0.465 e. The van der Waals surface area contributed by atoms with Crippen molar-refractivity contribution in [3.8, 4) is 0 Å². The lowest BCUT2D eigenvalue weighted by molar-refractivity contribution is -1.91. The molecule has 0 radical (unpaired) electrons. The fraction of sp³-hybridized carbons (Fsp3) is 0.333. The number of rotatable bonds is 9. The topological polar surface area (TPSA) is 148 Å². The van der Waals surface area contributed by atoms with Gasteiger partial charge in [-0.05, 0) is 61.1 Å². The minimum absolute atomic E-state index is 0.145. The maximum Gasteiger partial charge on any atom is 0.345 e. The fourth-order valence-electron chi connectivity index (χ4n) is 4.76. The molecule has 0 aliphatic heterocycles. The third-order valence-corrected chi connectivity index (χ3v) is 12.2. The first-order valence-corrected chi connectivity index (χ1v) is 17.0. The number of hydrogen-bond acceptors (Lipinski definition) is 9. The Morgan fingerprint density at radius 3 is 1.39 bits per heavy atom. The van der Waals surface area contributed by atoms with Crippen LogP contribution in [0, 0.1) is 10.2 Å². The molecule has 0 aliphatic carbocycles. The Hall–Kier alpha value is -3.38. The van der Waals surface area contributed by atoms with Gasteiger partial charge in [-0.2, -0.15) is 18.2 Å². The lowest BCUT2D eigenvalue weighted by Gasteiger charge is -2.43. The van der Waals surface area contributed by atoms with Crippen LogP contribution in [-0.4, -0.2) is 36.1 Å². The second-order valence-electron chi connectivity index (χ2n) is 12.4. The summed E-state index contributed by atoms with van der Waals surface area (Å²) in [4.78, 5) is 25.9. The highest BCUT2D eigenvalue weighted by Crippen LogP contribution is 2.50. The Morgan fingerprint density at radius 2 is 1.07 bits per heavy atom. The predicted molar refractivity (Wildman–Crippen MR) is 158 cm³/mol. The van der Waals surface area contributed by atoms with Crippen molar-refractivity contribution in [3.63, 3.8) is 0 Å². The third kappa shape index (κ3) is 7.46. The van der Waals surface area contributed by atoms with Gasteiger partial charge < -0.3 is 9.47 Å². The Balaban J connectivity index is 2.58. The standard InChI is InChI=1S/C33H39ClO9S/c1-32(2,3)24-14-18-26(19-15-24)44(40,43-34(37,38)39,27-20-16-25(17-21-27)33(4,5)6)22-28(23-12-10-9-11-13-23)29(30(35)41-7)31(36)42-8/h9-21H,22H2,1-8H3. The molecule has 0 amide bonds. The Bertz CT molecular complexity index is 1510. The van der Waals surface area contributed by atoms with Crippen molar-refractivity contribution in [3.05, 3.63) is 101 Å². The van der Waals surface area contributed by atoms with Gasteiger partial charge in [0.2, 0.25) is 0 Å². The molecule has 0 aliphatic rings. The van der Waals surface area contributed by atoms with Crippen molar-refractivity contribution in [2.24, 2.45) is 0 Å². The van der Waals surface area contributed by atoms with E-state index in [1.807, 2.05) is 41.5 Å². The van der Waals surface area contributed by atoms with Crippen LogP contribution in [-0.2, 0) is 43.0 Å². The summed E-state index contributed by atoms with van der Waals surface area (Å²) in [6.45, 7) is 11.8. The molecule has 0 atom stereocenters. The molecule has 0 N–H and O–H groups in total. The van der Waals surface area contributed by atoms with Crippen molar-refractivity contribution < 1.29 is 51.2 Å². The van der Waals surface area contributed by atoms with Crippen LogP contribution in [0.25, 0.3) is 5.57 Å².